The second-order valence-electron chi connectivity index (χ2n) is 4.46. The molecule has 3 nitrogen and oxygen atoms in total. The highest BCUT2D eigenvalue weighted by Gasteiger charge is 2.29. The van der Waals surface area contributed by atoms with E-state index in [-0.39, 0.29) is 17.9 Å². The second-order valence-corrected chi connectivity index (χ2v) is 4.46. The van der Waals surface area contributed by atoms with E-state index in [1.807, 2.05) is 0 Å². The van der Waals surface area contributed by atoms with Crippen molar-refractivity contribution in [1.29, 1.82) is 0 Å². The molecule has 0 spiro atoms. The van der Waals surface area contributed by atoms with Crippen LogP contribution in [0.2, 0.25) is 0 Å². The molecule has 2 fully saturated rings. The molecule has 2 aliphatic carbocycles. The highest BCUT2D eigenvalue weighted by molar-refractivity contribution is 5.79. The van der Waals surface area contributed by atoms with Crippen molar-refractivity contribution in [3.8, 4) is 0 Å². The fourth-order valence-electron chi connectivity index (χ4n) is 1.97. The summed E-state index contributed by atoms with van der Waals surface area (Å²) in [7, 11) is 0. The van der Waals surface area contributed by atoms with Gasteiger partial charge in [0.2, 0.25) is 5.91 Å². The van der Waals surface area contributed by atoms with Crippen LogP contribution in [0.1, 0.15) is 32.1 Å². The lowest BCUT2D eigenvalue weighted by Crippen LogP contribution is -2.31. The Morgan fingerprint density at radius 1 is 1.31 bits per heavy atom. The van der Waals surface area contributed by atoms with Crippen LogP contribution in [0.15, 0.2) is 0 Å². The number of nitrogens with two attached hydrogens (primary N) is 1. The maximum Gasteiger partial charge on any atom is 0.223 e. The Morgan fingerprint density at radius 2 is 2.08 bits per heavy atom. The van der Waals surface area contributed by atoms with Crippen LogP contribution in [0.3, 0.4) is 0 Å². The van der Waals surface area contributed by atoms with Crippen LogP contribution in [0.5, 0.6) is 0 Å². The number of carbonyl (C=O) groups excluding carboxylic acids is 1. The third kappa shape index (κ3) is 2.44. The molecule has 2 unspecified atom stereocenters. The molecule has 0 radical (unpaired) electrons. The second kappa shape index (κ2) is 3.66. The van der Waals surface area contributed by atoms with Crippen molar-refractivity contribution in [1.82, 2.24) is 5.32 Å². The minimum absolute atomic E-state index is 0.203. The molecule has 0 aromatic rings. The molecule has 2 rings (SSSR count). The lowest BCUT2D eigenvalue weighted by molar-refractivity contribution is -0.124. The highest BCUT2D eigenvalue weighted by atomic mass is 16.1. The number of nitrogens with one attached hydrogen (secondary N) is 1. The Kier molecular flexibility index (Phi) is 2.54. The number of hydrogen-bond acceptors (Lipinski definition) is 2. The van der Waals surface area contributed by atoms with Gasteiger partial charge in [-0.3, -0.25) is 4.79 Å². The van der Waals surface area contributed by atoms with Gasteiger partial charge < -0.3 is 11.1 Å². The molecule has 0 saturated heterocycles. The van der Waals surface area contributed by atoms with Crippen molar-refractivity contribution in [2.45, 2.75) is 38.1 Å². The molecular formula is C10H18N2O. The standard InChI is InChI=1S/C10H18N2O/c11-9-4-3-8(5-9)10(13)12-6-7-1-2-7/h7-9H,1-6,11H2,(H,12,13). The van der Waals surface area contributed by atoms with Gasteiger partial charge in [0.25, 0.3) is 0 Å². The molecule has 1 amide bonds. The lowest BCUT2D eigenvalue weighted by Gasteiger charge is -2.09. The van der Waals surface area contributed by atoms with Crippen molar-refractivity contribution >= 4 is 5.91 Å². The SMILES string of the molecule is NC1CCC(C(=O)NCC2CC2)C1. The van der Waals surface area contributed by atoms with E-state index in [9.17, 15) is 4.79 Å². The average molecular weight is 182 g/mol. The van der Waals surface area contributed by atoms with Gasteiger partial charge in [0.05, 0.1) is 0 Å². The summed E-state index contributed by atoms with van der Waals surface area (Å²) in [6.07, 6.45) is 5.48. The maximum absolute atomic E-state index is 11.6. The Hall–Kier alpha value is -0.570. The van der Waals surface area contributed by atoms with E-state index in [4.69, 9.17) is 5.73 Å². The minimum atomic E-state index is 0.203. The van der Waals surface area contributed by atoms with Crippen molar-refractivity contribution in [3.05, 3.63) is 0 Å². The van der Waals surface area contributed by atoms with Crippen LogP contribution in [0.4, 0.5) is 0 Å². The maximum atomic E-state index is 11.6. The molecule has 0 bridgehead atoms. The smallest absolute Gasteiger partial charge is 0.223 e. The first-order valence-corrected chi connectivity index (χ1v) is 5.29. The van der Waals surface area contributed by atoms with E-state index >= 15 is 0 Å². The van der Waals surface area contributed by atoms with Gasteiger partial charge in [0.15, 0.2) is 0 Å². The number of hydrogen-bond donors (Lipinski definition) is 2. The van der Waals surface area contributed by atoms with Gasteiger partial charge in [0.1, 0.15) is 0 Å². The van der Waals surface area contributed by atoms with E-state index in [1.165, 1.54) is 12.8 Å². The number of rotatable bonds is 3. The van der Waals surface area contributed by atoms with Gasteiger partial charge in [-0.05, 0) is 38.0 Å². The third-order valence-corrected chi connectivity index (χ3v) is 3.11. The van der Waals surface area contributed by atoms with Crippen LogP contribution in [0.25, 0.3) is 0 Å². The Bertz CT molecular complexity index is 201. The minimum Gasteiger partial charge on any atom is -0.356 e. The summed E-state index contributed by atoms with van der Waals surface area (Å²) in [6.45, 7) is 0.893. The molecule has 2 saturated carbocycles. The third-order valence-electron chi connectivity index (χ3n) is 3.11. The lowest BCUT2D eigenvalue weighted by atomic mass is 10.1. The van der Waals surface area contributed by atoms with E-state index in [0.29, 0.717) is 0 Å². The monoisotopic (exact) mass is 182 g/mol. The summed E-state index contributed by atoms with van der Waals surface area (Å²) < 4.78 is 0. The molecule has 0 heterocycles. The topological polar surface area (TPSA) is 55.1 Å². The first-order valence-electron chi connectivity index (χ1n) is 5.29. The normalized spacial score (nSPS) is 33.3. The molecule has 3 N–H and O–H groups in total. The van der Waals surface area contributed by atoms with Crippen molar-refractivity contribution in [2.24, 2.45) is 17.6 Å². The van der Waals surface area contributed by atoms with Crippen LogP contribution >= 0.6 is 0 Å². The summed E-state index contributed by atoms with van der Waals surface area (Å²) >= 11 is 0. The Morgan fingerprint density at radius 3 is 2.62 bits per heavy atom. The van der Waals surface area contributed by atoms with Gasteiger partial charge in [-0.2, -0.15) is 0 Å². The molecule has 13 heavy (non-hydrogen) atoms. The molecule has 2 aliphatic rings. The fourth-order valence-corrected chi connectivity index (χ4v) is 1.97. The van der Waals surface area contributed by atoms with E-state index < -0.39 is 0 Å². The Balaban J connectivity index is 1.69. The quantitative estimate of drug-likeness (QED) is 0.673. The van der Waals surface area contributed by atoms with Gasteiger partial charge in [0, 0.05) is 18.5 Å². The zero-order valence-corrected chi connectivity index (χ0v) is 7.96. The molecular weight excluding hydrogens is 164 g/mol. The highest BCUT2D eigenvalue weighted by Crippen LogP contribution is 2.28. The fraction of sp³-hybridized carbons (Fsp3) is 0.900. The van der Waals surface area contributed by atoms with Crippen LogP contribution < -0.4 is 11.1 Å². The summed E-state index contributed by atoms with van der Waals surface area (Å²) in [6, 6.07) is 0.261. The van der Waals surface area contributed by atoms with Crippen LogP contribution in [-0.4, -0.2) is 18.5 Å². The van der Waals surface area contributed by atoms with Gasteiger partial charge >= 0.3 is 0 Å². The van der Waals surface area contributed by atoms with Gasteiger partial charge in [-0.1, -0.05) is 0 Å². The predicted octanol–water partition coefficient (Wildman–Crippen LogP) is 0.640. The van der Waals surface area contributed by atoms with Crippen molar-refractivity contribution in [2.75, 3.05) is 6.54 Å². The zero-order chi connectivity index (χ0) is 9.26. The number of carbonyl (C=O) groups is 1. The van der Waals surface area contributed by atoms with Gasteiger partial charge in [-0.25, -0.2) is 0 Å². The zero-order valence-electron chi connectivity index (χ0n) is 7.96. The largest absolute Gasteiger partial charge is 0.356 e. The van der Waals surface area contributed by atoms with E-state index in [2.05, 4.69) is 5.32 Å². The summed E-state index contributed by atoms with van der Waals surface area (Å²) in [4.78, 5) is 11.6. The molecule has 0 aromatic carbocycles. The first-order chi connectivity index (χ1) is 6.25. The van der Waals surface area contributed by atoms with E-state index in [1.54, 1.807) is 0 Å². The van der Waals surface area contributed by atoms with Crippen molar-refractivity contribution in [3.63, 3.8) is 0 Å². The Labute approximate surface area is 79.1 Å². The number of amides is 1. The molecule has 3 heteroatoms. The summed E-state index contributed by atoms with van der Waals surface area (Å²) in [5.41, 5.74) is 5.75. The van der Waals surface area contributed by atoms with Crippen LogP contribution in [-0.2, 0) is 4.79 Å². The van der Waals surface area contributed by atoms with E-state index in [0.717, 1.165) is 31.7 Å². The van der Waals surface area contributed by atoms with Gasteiger partial charge in [-0.15, -0.1) is 0 Å². The molecule has 0 aromatic heterocycles. The van der Waals surface area contributed by atoms with Crippen molar-refractivity contribution < 1.29 is 4.79 Å². The molecule has 0 aliphatic heterocycles. The van der Waals surface area contributed by atoms with Crippen LogP contribution in [0, 0.1) is 11.8 Å². The molecule has 74 valence electrons. The summed E-state index contributed by atoms with van der Waals surface area (Å²) in [5.74, 6) is 1.22. The summed E-state index contributed by atoms with van der Waals surface area (Å²) in [5, 5.41) is 3.01. The molecule has 2 atom stereocenters. The average Bonchev–Trinajstić information content (AvgIpc) is 2.84. The first kappa shape index (κ1) is 9.00. The predicted molar refractivity (Wildman–Crippen MR) is 51.1 cm³/mol.